The van der Waals surface area contributed by atoms with Crippen LogP contribution in [0.4, 0.5) is 0 Å². The van der Waals surface area contributed by atoms with Crippen molar-refractivity contribution >= 4 is 35.1 Å². The van der Waals surface area contributed by atoms with Gasteiger partial charge in [-0.2, -0.15) is 0 Å². The number of nitrogens with one attached hydrogen (secondary N) is 1. The fourth-order valence-corrected chi connectivity index (χ4v) is 5.50. The number of rotatable bonds is 10. The fraction of sp³-hybridized carbons (Fsp3) is 0.267. The van der Waals surface area contributed by atoms with Crippen LogP contribution in [0.25, 0.3) is 0 Å². The van der Waals surface area contributed by atoms with Crippen LogP contribution in [0.5, 0.6) is 0 Å². The van der Waals surface area contributed by atoms with E-state index >= 15 is 0 Å². The van der Waals surface area contributed by atoms with E-state index in [9.17, 15) is 19.2 Å². The van der Waals surface area contributed by atoms with Gasteiger partial charge in [0.1, 0.15) is 12.3 Å². The maximum Gasteiger partial charge on any atom is 0.356 e. The number of hydrogen-bond donors (Lipinski definition) is 1. The van der Waals surface area contributed by atoms with Gasteiger partial charge in [0.05, 0.1) is 13.0 Å². The van der Waals surface area contributed by atoms with Gasteiger partial charge in [0, 0.05) is 24.5 Å². The SMILES string of the molecule is CO[C@@]1(NC(=O)Cc2cccs2)C(=O)N2C(C(=O)OC(c3ccccc3)c3ccccc3)=C(COC(C)=O)CO[C@@H]21. The molecule has 0 saturated carbocycles. The molecule has 212 valence electrons. The summed E-state index contributed by atoms with van der Waals surface area (Å²) in [5, 5.41) is 4.50. The van der Waals surface area contributed by atoms with Gasteiger partial charge in [0.15, 0.2) is 12.3 Å². The number of fused-ring (bicyclic) bond motifs is 1. The quantitative estimate of drug-likeness (QED) is 0.222. The summed E-state index contributed by atoms with van der Waals surface area (Å²) < 4.78 is 22.6. The van der Waals surface area contributed by atoms with Crippen LogP contribution in [0.15, 0.2) is 89.4 Å². The molecule has 3 aromatic rings. The molecule has 0 bridgehead atoms. The molecule has 2 atom stereocenters. The molecule has 2 aromatic carbocycles. The average Bonchev–Trinajstić information content (AvgIpc) is 3.50. The second-order valence-corrected chi connectivity index (χ2v) is 10.5. The van der Waals surface area contributed by atoms with Crippen LogP contribution in [0.3, 0.4) is 0 Å². The predicted octanol–water partition coefficient (Wildman–Crippen LogP) is 3.10. The van der Waals surface area contributed by atoms with Crippen LogP contribution in [-0.4, -0.2) is 60.9 Å². The molecule has 1 saturated heterocycles. The highest BCUT2D eigenvalue weighted by molar-refractivity contribution is 7.10. The first kappa shape index (κ1) is 28.2. The number of hydrogen-bond acceptors (Lipinski definition) is 9. The van der Waals surface area contributed by atoms with E-state index in [1.165, 1.54) is 25.4 Å². The Morgan fingerprint density at radius 3 is 2.27 bits per heavy atom. The van der Waals surface area contributed by atoms with Crippen LogP contribution in [-0.2, 0) is 44.5 Å². The van der Waals surface area contributed by atoms with Gasteiger partial charge < -0.3 is 24.3 Å². The zero-order valence-corrected chi connectivity index (χ0v) is 23.2. The molecule has 2 amide bonds. The van der Waals surface area contributed by atoms with Crippen LogP contribution in [0.1, 0.15) is 29.0 Å². The maximum atomic E-state index is 13.9. The molecule has 0 aliphatic carbocycles. The summed E-state index contributed by atoms with van der Waals surface area (Å²) in [5.74, 6) is -2.55. The first-order chi connectivity index (χ1) is 19.8. The minimum absolute atomic E-state index is 0.0427. The Labute approximate surface area is 240 Å². The van der Waals surface area contributed by atoms with Crippen LogP contribution < -0.4 is 5.32 Å². The number of β-lactam (4-membered cyclic amide) rings is 1. The fourth-order valence-electron chi connectivity index (χ4n) is 4.80. The van der Waals surface area contributed by atoms with E-state index in [1.54, 1.807) is 0 Å². The Kier molecular flexibility index (Phi) is 8.29. The monoisotopic (exact) mass is 576 g/mol. The first-order valence-corrected chi connectivity index (χ1v) is 13.7. The number of thiophene rings is 1. The lowest BCUT2D eigenvalue weighted by Gasteiger charge is -2.55. The lowest BCUT2D eigenvalue weighted by molar-refractivity contribution is -0.259. The summed E-state index contributed by atoms with van der Waals surface area (Å²) in [6.07, 6.45) is -1.90. The van der Waals surface area contributed by atoms with Gasteiger partial charge in [-0.15, -0.1) is 11.3 Å². The van der Waals surface area contributed by atoms with Gasteiger partial charge in [-0.3, -0.25) is 19.3 Å². The topological polar surface area (TPSA) is 120 Å². The van der Waals surface area contributed by atoms with Crippen molar-refractivity contribution in [1.29, 1.82) is 0 Å². The lowest BCUT2D eigenvalue weighted by Crippen LogP contribution is -2.82. The van der Waals surface area contributed by atoms with E-state index in [1.807, 2.05) is 78.2 Å². The summed E-state index contributed by atoms with van der Waals surface area (Å²) in [6.45, 7) is 0.779. The van der Waals surface area contributed by atoms with Gasteiger partial charge >= 0.3 is 11.9 Å². The number of amides is 2. The molecule has 41 heavy (non-hydrogen) atoms. The Bertz CT molecular complexity index is 1420. The summed E-state index contributed by atoms with van der Waals surface area (Å²) in [6, 6.07) is 22.0. The molecule has 11 heteroatoms. The van der Waals surface area contributed by atoms with E-state index in [0.29, 0.717) is 0 Å². The van der Waals surface area contributed by atoms with Crippen LogP contribution >= 0.6 is 11.3 Å². The van der Waals surface area contributed by atoms with Crippen molar-refractivity contribution in [2.24, 2.45) is 0 Å². The van der Waals surface area contributed by atoms with Crippen molar-refractivity contribution in [3.8, 4) is 0 Å². The minimum Gasteiger partial charge on any atom is -0.461 e. The van der Waals surface area contributed by atoms with E-state index in [-0.39, 0.29) is 30.9 Å². The molecular weight excluding hydrogens is 548 g/mol. The normalized spacial score (nSPS) is 19.8. The molecule has 2 aliphatic rings. The van der Waals surface area contributed by atoms with Crippen molar-refractivity contribution in [3.05, 3.63) is 105 Å². The largest absolute Gasteiger partial charge is 0.461 e. The molecule has 2 aliphatic heterocycles. The van der Waals surface area contributed by atoms with Gasteiger partial charge in [0.2, 0.25) is 5.91 Å². The number of benzene rings is 2. The van der Waals surface area contributed by atoms with E-state index < -0.39 is 41.8 Å². The average molecular weight is 577 g/mol. The number of ether oxygens (including phenoxy) is 4. The van der Waals surface area contributed by atoms with Crippen LogP contribution in [0, 0.1) is 0 Å². The summed E-state index contributed by atoms with van der Waals surface area (Å²) in [5.41, 5.74) is -0.279. The molecular formula is C30H28N2O8S. The molecule has 5 rings (SSSR count). The van der Waals surface area contributed by atoms with E-state index in [0.717, 1.165) is 20.9 Å². The molecule has 1 aromatic heterocycles. The molecule has 10 nitrogen and oxygen atoms in total. The predicted molar refractivity (Wildman–Crippen MR) is 147 cm³/mol. The number of esters is 2. The Hall–Kier alpha value is -4.32. The molecule has 3 heterocycles. The van der Waals surface area contributed by atoms with Gasteiger partial charge in [0.25, 0.3) is 11.6 Å². The van der Waals surface area contributed by atoms with Crippen molar-refractivity contribution in [2.75, 3.05) is 20.3 Å². The Morgan fingerprint density at radius 1 is 1.05 bits per heavy atom. The zero-order chi connectivity index (χ0) is 29.0. The number of methoxy groups -OCH3 is 1. The van der Waals surface area contributed by atoms with Crippen LogP contribution in [0.2, 0.25) is 0 Å². The highest BCUT2D eigenvalue weighted by Crippen LogP contribution is 2.41. The third-order valence-electron chi connectivity index (χ3n) is 6.74. The minimum atomic E-state index is -1.84. The molecule has 0 radical (unpaired) electrons. The second kappa shape index (κ2) is 12.0. The van der Waals surface area contributed by atoms with Gasteiger partial charge in [-0.25, -0.2) is 4.79 Å². The summed E-state index contributed by atoms with van der Waals surface area (Å²) in [4.78, 5) is 53.9. The molecule has 1 N–H and O–H groups in total. The number of carbonyl (C=O) groups excluding carboxylic acids is 4. The zero-order valence-electron chi connectivity index (χ0n) is 22.4. The van der Waals surface area contributed by atoms with Gasteiger partial charge in [-0.1, -0.05) is 66.7 Å². The highest BCUT2D eigenvalue weighted by Gasteiger charge is 2.67. The van der Waals surface area contributed by atoms with Gasteiger partial charge in [-0.05, 0) is 22.6 Å². The third kappa shape index (κ3) is 5.64. The van der Waals surface area contributed by atoms with E-state index in [2.05, 4.69) is 5.32 Å². The molecule has 0 unspecified atom stereocenters. The second-order valence-electron chi connectivity index (χ2n) is 9.42. The highest BCUT2D eigenvalue weighted by atomic mass is 32.1. The van der Waals surface area contributed by atoms with E-state index in [4.69, 9.17) is 18.9 Å². The standard InChI is InChI=1S/C30H28N2O8S/c1-19(33)38-17-22-18-39-29-30(37-2,31-24(34)16-23-14-9-15-41-23)28(36)32(29)25(22)27(35)40-26(20-10-5-3-6-11-20)21-12-7-4-8-13-21/h3-15,26,29H,16-18H2,1-2H3,(H,31,34)/t29-,30+/m1/s1. The lowest BCUT2D eigenvalue weighted by atomic mass is 9.94. The number of carbonyl (C=O) groups is 4. The molecule has 1 fully saturated rings. The Morgan fingerprint density at radius 2 is 1.71 bits per heavy atom. The summed E-state index contributed by atoms with van der Waals surface area (Å²) >= 11 is 1.41. The molecule has 0 spiro atoms. The number of nitrogens with zero attached hydrogens (tertiary/aromatic N) is 1. The smallest absolute Gasteiger partial charge is 0.356 e. The first-order valence-electron chi connectivity index (χ1n) is 12.8. The van der Waals surface area contributed by atoms with Crippen molar-refractivity contribution in [3.63, 3.8) is 0 Å². The van der Waals surface area contributed by atoms with Crippen molar-refractivity contribution < 1.29 is 38.1 Å². The van der Waals surface area contributed by atoms with Crippen molar-refractivity contribution in [2.45, 2.75) is 31.4 Å². The van der Waals surface area contributed by atoms with Crippen molar-refractivity contribution in [1.82, 2.24) is 10.2 Å². The summed E-state index contributed by atoms with van der Waals surface area (Å²) in [7, 11) is 1.28. The third-order valence-corrected chi connectivity index (χ3v) is 7.62. The Balaban J connectivity index is 1.45. The maximum absolute atomic E-state index is 13.9.